The predicted octanol–water partition coefficient (Wildman–Crippen LogP) is 5.18. The first-order valence-electron chi connectivity index (χ1n) is 8.80. The molecule has 3 nitrogen and oxygen atoms in total. The van der Waals surface area contributed by atoms with E-state index in [0.29, 0.717) is 12.2 Å². The number of rotatable bonds is 9. The number of aryl methyl sites for hydroxylation is 2. The molecule has 2 rings (SSSR count). The van der Waals surface area contributed by atoms with Crippen molar-refractivity contribution in [3.05, 3.63) is 35.4 Å². The monoisotopic (exact) mass is 309 g/mol. The van der Waals surface area contributed by atoms with Gasteiger partial charge in [0.25, 0.3) is 0 Å². The molecule has 0 aliphatic rings. The molecule has 0 unspecified atom stereocenters. The maximum Gasteiger partial charge on any atom is 0.127 e. The zero-order chi connectivity index (χ0) is 16.5. The Kier molecular flexibility index (Phi) is 6.87. The standard InChI is InChI=1S/C20H27N3/c1-2-3-6-11-17-15-18-16(10-7-4-5-8-14-21)12-9-13-19(18)23-20(17)22/h9,12-13,15H,2-8,10-11H2,1H3,(H2,22,23). The molecule has 0 atom stereocenters. The van der Waals surface area contributed by atoms with Crippen LogP contribution in [-0.2, 0) is 12.8 Å². The van der Waals surface area contributed by atoms with E-state index in [9.17, 15) is 0 Å². The number of fused-ring (bicyclic) bond motifs is 1. The molecule has 0 bridgehead atoms. The zero-order valence-corrected chi connectivity index (χ0v) is 14.1. The Morgan fingerprint density at radius 3 is 2.61 bits per heavy atom. The van der Waals surface area contributed by atoms with Gasteiger partial charge in [0.05, 0.1) is 11.6 Å². The van der Waals surface area contributed by atoms with Crippen molar-refractivity contribution in [2.24, 2.45) is 0 Å². The van der Waals surface area contributed by atoms with Gasteiger partial charge in [0, 0.05) is 11.8 Å². The average molecular weight is 309 g/mol. The number of nitriles is 1. The maximum absolute atomic E-state index is 8.60. The molecule has 0 saturated heterocycles. The number of nitrogens with zero attached hydrogens (tertiary/aromatic N) is 2. The molecule has 0 radical (unpaired) electrons. The second-order valence-electron chi connectivity index (χ2n) is 6.19. The molecule has 1 aromatic carbocycles. The molecule has 23 heavy (non-hydrogen) atoms. The molecule has 3 heteroatoms. The summed E-state index contributed by atoms with van der Waals surface area (Å²) in [6.07, 6.45) is 9.56. The van der Waals surface area contributed by atoms with Crippen molar-refractivity contribution in [2.45, 2.75) is 64.7 Å². The second-order valence-corrected chi connectivity index (χ2v) is 6.19. The minimum Gasteiger partial charge on any atom is -0.383 e. The molecule has 2 N–H and O–H groups in total. The van der Waals surface area contributed by atoms with Gasteiger partial charge in [-0.25, -0.2) is 4.98 Å². The number of hydrogen-bond acceptors (Lipinski definition) is 3. The van der Waals surface area contributed by atoms with Crippen molar-refractivity contribution in [3.8, 4) is 6.07 Å². The van der Waals surface area contributed by atoms with Crippen LogP contribution in [0.1, 0.15) is 63.0 Å². The van der Waals surface area contributed by atoms with E-state index in [1.165, 1.54) is 35.8 Å². The lowest BCUT2D eigenvalue weighted by molar-refractivity contribution is 0.692. The summed E-state index contributed by atoms with van der Waals surface area (Å²) in [7, 11) is 0. The minimum absolute atomic E-state index is 0.662. The van der Waals surface area contributed by atoms with Gasteiger partial charge in [0.15, 0.2) is 0 Å². The molecule has 0 saturated carbocycles. The molecule has 0 aliphatic heterocycles. The minimum atomic E-state index is 0.662. The van der Waals surface area contributed by atoms with Crippen LogP contribution in [0.3, 0.4) is 0 Å². The normalized spacial score (nSPS) is 10.8. The van der Waals surface area contributed by atoms with Crippen LogP contribution in [0, 0.1) is 11.3 Å². The summed E-state index contributed by atoms with van der Waals surface area (Å²) in [6.45, 7) is 2.21. The van der Waals surface area contributed by atoms with Crippen molar-refractivity contribution in [3.63, 3.8) is 0 Å². The molecule has 2 aromatic rings. The molecule has 122 valence electrons. The first-order valence-corrected chi connectivity index (χ1v) is 8.80. The third-order valence-electron chi connectivity index (χ3n) is 4.35. The zero-order valence-electron chi connectivity index (χ0n) is 14.1. The maximum atomic E-state index is 8.60. The topological polar surface area (TPSA) is 62.7 Å². The molecule has 1 heterocycles. The van der Waals surface area contributed by atoms with Crippen LogP contribution in [0.2, 0.25) is 0 Å². The van der Waals surface area contributed by atoms with Gasteiger partial charge in [-0.2, -0.15) is 5.26 Å². The van der Waals surface area contributed by atoms with Crippen LogP contribution in [0.5, 0.6) is 0 Å². The summed E-state index contributed by atoms with van der Waals surface area (Å²) in [4.78, 5) is 4.61. The number of benzene rings is 1. The van der Waals surface area contributed by atoms with Crippen molar-refractivity contribution in [1.29, 1.82) is 5.26 Å². The van der Waals surface area contributed by atoms with Crippen molar-refractivity contribution < 1.29 is 0 Å². The van der Waals surface area contributed by atoms with Gasteiger partial charge in [-0.05, 0) is 55.4 Å². The van der Waals surface area contributed by atoms with Gasteiger partial charge >= 0.3 is 0 Å². The summed E-state index contributed by atoms with van der Waals surface area (Å²) in [5.41, 5.74) is 9.66. The van der Waals surface area contributed by atoms with E-state index in [0.717, 1.165) is 37.6 Å². The lowest BCUT2D eigenvalue weighted by atomic mass is 9.99. The largest absolute Gasteiger partial charge is 0.383 e. The molecule has 0 amide bonds. The summed E-state index contributed by atoms with van der Waals surface area (Å²) >= 11 is 0. The molecule has 1 aromatic heterocycles. The summed E-state index contributed by atoms with van der Waals surface area (Å²) in [5, 5.41) is 9.84. The second kappa shape index (κ2) is 9.15. The Hall–Kier alpha value is -2.08. The Morgan fingerprint density at radius 2 is 1.83 bits per heavy atom. The highest BCUT2D eigenvalue weighted by molar-refractivity contribution is 5.84. The lowest BCUT2D eigenvalue weighted by Crippen LogP contribution is -2.00. The number of nitrogen functional groups attached to an aromatic ring is 1. The summed E-state index contributed by atoms with van der Waals surface area (Å²) in [6, 6.07) is 10.8. The number of nitrogens with two attached hydrogens (primary N) is 1. The third kappa shape index (κ3) is 4.96. The van der Waals surface area contributed by atoms with E-state index in [2.05, 4.69) is 36.2 Å². The molecular formula is C20H27N3. The molecule has 0 spiro atoms. The van der Waals surface area contributed by atoms with Gasteiger partial charge in [-0.15, -0.1) is 0 Å². The van der Waals surface area contributed by atoms with Crippen LogP contribution in [0.25, 0.3) is 10.9 Å². The van der Waals surface area contributed by atoms with E-state index in [-0.39, 0.29) is 0 Å². The fourth-order valence-corrected chi connectivity index (χ4v) is 2.99. The summed E-state index contributed by atoms with van der Waals surface area (Å²) < 4.78 is 0. The van der Waals surface area contributed by atoms with Crippen molar-refractivity contribution in [2.75, 3.05) is 5.73 Å². The van der Waals surface area contributed by atoms with Crippen LogP contribution < -0.4 is 5.73 Å². The van der Waals surface area contributed by atoms with E-state index in [4.69, 9.17) is 11.0 Å². The van der Waals surface area contributed by atoms with E-state index >= 15 is 0 Å². The highest BCUT2D eigenvalue weighted by atomic mass is 14.8. The van der Waals surface area contributed by atoms with Crippen LogP contribution in [0.15, 0.2) is 24.3 Å². The van der Waals surface area contributed by atoms with Crippen LogP contribution >= 0.6 is 0 Å². The number of anilines is 1. The smallest absolute Gasteiger partial charge is 0.127 e. The SMILES string of the molecule is CCCCCc1cc2c(CCCCCC#N)cccc2nc1N. The lowest BCUT2D eigenvalue weighted by Gasteiger charge is -2.10. The van der Waals surface area contributed by atoms with Crippen LogP contribution in [-0.4, -0.2) is 4.98 Å². The molecule has 0 aliphatic carbocycles. The van der Waals surface area contributed by atoms with Crippen LogP contribution in [0.4, 0.5) is 5.82 Å². The Bertz CT molecular complexity index is 670. The van der Waals surface area contributed by atoms with Gasteiger partial charge in [0.1, 0.15) is 5.82 Å². The fraction of sp³-hybridized carbons (Fsp3) is 0.500. The first kappa shape index (κ1) is 17.3. The Balaban J connectivity index is 2.13. The quantitative estimate of drug-likeness (QED) is 0.649. The van der Waals surface area contributed by atoms with Gasteiger partial charge in [0.2, 0.25) is 0 Å². The van der Waals surface area contributed by atoms with E-state index in [1.807, 2.05) is 6.07 Å². The highest BCUT2D eigenvalue weighted by Crippen LogP contribution is 2.24. The highest BCUT2D eigenvalue weighted by Gasteiger charge is 2.07. The van der Waals surface area contributed by atoms with Gasteiger partial charge in [-0.1, -0.05) is 38.3 Å². The Labute approximate surface area is 139 Å². The van der Waals surface area contributed by atoms with Gasteiger partial charge < -0.3 is 5.73 Å². The fourth-order valence-electron chi connectivity index (χ4n) is 2.99. The van der Waals surface area contributed by atoms with Gasteiger partial charge in [-0.3, -0.25) is 0 Å². The van der Waals surface area contributed by atoms with E-state index in [1.54, 1.807) is 0 Å². The average Bonchev–Trinajstić information content (AvgIpc) is 2.55. The van der Waals surface area contributed by atoms with E-state index < -0.39 is 0 Å². The third-order valence-corrected chi connectivity index (χ3v) is 4.35. The summed E-state index contributed by atoms with van der Waals surface area (Å²) in [5.74, 6) is 0.680. The molecule has 0 fully saturated rings. The first-order chi connectivity index (χ1) is 11.3. The number of hydrogen-bond donors (Lipinski definition) is 1. The number of unbranched alkanes of at least 4 members (excludes halogenated alkanes) is 5. The number of pyridine rings is 1. The van der Waals surface area contributed by atoms with Crippen molar-refractivity contribution >= 4 is 16.7 Å². The predicted molar refractivity (Wildman–Crippen MR) is 97.2 cm³/mol. The van der Waals surface area contributed by atoms with Crippen molar-refractivity contribution in [1.82, 2.24) is 4.98 Å². The Morgan fingerprint density at radius 1 is 1.04 bits per heavy atom. The molecular weight excluding hydrogens is 282 g/mol. The number of aromatic nitrogens is 1.